The summed E-state index contributed by atoms with van der Waals surface area (Å²) in [6.07, 6.45) is -4.37. The molecule has 33 heavy (non-hydrogen) atoms. The molecule has 16 heteroatoms. The summed E-state index contributed by atoms with van der Waals surface area (Å²) in [6, 6.07) is 1.08. The van der Waals surface area contributed by atoms with Crippen LogP contribution in [-0.4, -0.2) is 55.2 Å². The monoisotopic (exact) mass is 473 g/mol. The Morgan fingerprint density at radius 3 is 2.45 bits per heavy atom. The van der Waals surface area contributed by atoms with Crippen LogP contribution in [0.15, 0.2) is 39.0 Å². The molecular formula is C17H12F5N7O4. The third-order valence-electron chi connectivity index (χ3n) is 4.64. The van der Waals surface area contributed by atoms with Gasteiger partial charge in [-0.2, -0.15) is 18.3 Å². The molecule has 1 atom stereocenters. The number of hydrogen-bond acceptors (Lipinski definition) is 8. The predicted molar refractivity (Wildman–Crippen MR) is 100 cm³/mol. The number of alkyl halides is 5. The first-order valence-corrected chi connectivity index (χ1v) is 9.05. The van der Waals surface area contributed by atoms with Crippen molar-refractivity contribution in [1.82, 2.24) is 30.1 Å². The number of aromatic nitrogens is 6. The number of halogens is 5. The Morgan fingerprint density at radius 2 is 1.82 bits per heavy atom. The van der Waals surface area contributed by atoms with Crippen LogP contribution in [0.1, 0.15) is 5.82 Å². The van der Waals surface area contributed by atoms with Gasteiger partial charge >= 0.3 is 17.8 Å². The minimum absolute atomic E-state index is 0.106. The smallest absolute Gasteiger partial charge is 0.451 e. The number of H-pyrrole nitrogens is 3. The highest BCUT2D eigenvalue weighted by atomic mass is 19.4. The van der Waals surface area contributed by atoms with E-state index in [0.717, 1.165) is 17.2 Å². The second-order valence-electron chi connectivity index (χ2n) is 6.94. The lowest BCUT2D eigenvalue weighted by Crippen LogP contribution is -2.36. The zero-order chi connectivity index (χ0) is 24.0. The van der Waals surface area contributed by atoms with E-state index >= 15 is 0 Å². The first kappa shape index (κ1) is 22.1. The molecule has 0 spiro atoms. The molecular weight excluding hydrogens is 461 g/mol. The molecule has 1 aliphatic rings. The third kappa shape index (κ3) is 4.44. The molecule has 0 aromatic carbocycles. The molecule has 1 fully saturated rings. The lowest BCUT2D eigenvalue weighted by Gasteiger charge is -2.18. The van der Waals surface area contributed by atoms with E-state index in [0.29, 0.717) is 12.4 Å². The highest BCUT2D eigenvalue weighted by Crippen LogP contribution is 2.34. The van der Waals surface area contributed by atoms with Crippen molar-refractivity contribution in [2.24, 2.45) is 0 Å². The molecule has 4 rings (SSSR count). The van der Waals surface area contributed by atoms with Gasteiger partial charge < -0.3 is 14.6 Å². The van der Waals surface area contributed by atoms with E-state index in [1.54, 1.807) is 0 Å². The average Bonchev–Trinajstić information content (AvgIpc) is 3.02. The number of nitrogens with one attached hydrogen (secondary N) is 3. The third-order valence-corrected chi connectivity index (χ3v) is 4.64. The van der Waals surface area contributed by atoms with Gasteiger partial charge in [-0.05, 0) is 6.07 Å². The molecule has 174 valence electrons. The molecule has 0 radical (unpaired) electrons. The largest absolute Gasteiger partial charge is 0.479 e. The van der Waals surface area contributed by atoms with Crippen molar-refractivity contribution in [3.05, 3.63) is 61.7 Å². The number of hydrogen-bond donors (Lipinski definition) is 3. The van der Waals surface area contributed by atoms with Gasteiger partial charge in [-0.15, -0.1) is 0 Å². The fraction of sp³-hybridized carbons (Fsp3) is 0.294. The minimum Gasteiger partial charge on any atom is -0.479 e. The van der Waals surface area contributed by atoms with Gasteiger partial charge in [0.1, 0.15) is 5.69 Å². The minimum atomic E-state index is -4.81. The van der Waals surface area contributed by atoms with Gasteiger partial charge in [0.25, 0.3) is 11.1 Å². The number of nitrogens with zero attached hydrogens (tertiary/aromatic N) is 4. The van der Waals surface area contributed by atoms with E-state index in [-0.39, 0.29) is 16.9 Å². The maximum Gasteiger partial charge on any atom is 0.451 e. The quantitative estimate of drug-likeness (QED) is 0.465. The maximum absolute atomic E-state index is 14.6. The molecule has 0 amide bonds. The van der Waals surface area contributed by atoms with Gasteiger partial charge in [0.15, 0.2) is 11.9 Å². The lowest BCUT2D eigenvalue weighted by atomic mass is 10.2. The van der Waals surface area contributed by atoms with Crippen LogP contribution in [-0.2, 0) is 6.18 Å². The summed E-state index contributed by atoms with van der Waals surface area (Å²) in [4.78, 5) is 46.6. The molecule has 4 heterocycles. The molecule has 11 nitrogen and oxygen atoms in total. The van der Waals surface area contributed by atoms with E-state index in [1.807, 2.05) is 4.98 Å². The standard InChI is InChI=1S/C17H12F5N7O4/c18-16(19)6-29(5-11(16)33-7-2-23-14(24-3-7)17(20,21)22)10-1-9(27-28-13(10)31)8-4-25-15(32)26-12(8)30/h1-4,11H,5-6H2,(H,28,31)(H2,25,26,30,32). The molecule has 0 aliphatic carbocycles. The zero-order valence-corrected chi connectivity index (χ0v) is 16.1. The molecule has 1 aliphatic heterocycles. The molecule has 3 N–H and O–H groups in total. The van der Waals surface area contributed by atoms with Crippen LogP contribution in [0.2, 0.25) is 0 Å². The second-order valence-corrected chi connectivity index (χ2v) is 6.94. The van der Waals surface area contributed by atoms with Gasteiger partial charge in [-0.3, -0.25) is 14.6 Å². The van der Waals surface area contributed by atoms with Crippen LogP contribution < -0.4 is 26.4 Å². The Labute approximate surface area is 178 Å². The predicted octanol–water partition coefficient (Wildman–Crippen LogP) is 0.525. The Hall–Kier alpha value is -4.11. The first-order chi connectivity index (χ1) is 15.4. The highest BCUT2D eigenvalue weighted by Gasteiger charge is 2.51. The Bertz CT molecular complexity index is 1350. The van der Waals surface area contributed by atoms with Crippen molar-refractivity contribution >= 4 is 5.69 Å². The molecule has 1 saturated heterocycles. The van der Waals surface area contributed by atoms with Gasteiger partial charge in [-0.25, -0.2) is 28.6 Å². The van der Waals surface area contributed by atoms with E-state index in [1.165, 1.54) is 0 Å². The zero-order valence-electron chi connectivity index (χ0n) is 16.1. The average molecular weight is 473 g/mol. The molecule has 0 bridgehead atoms. The maximum atomic E-state index is 14.6. The molecule has 3 aromatic heterocycles. The van der Waals surface area contributed by atoms with Crippen LogP contribution in [0.25, 0.3) is 11.3 Å². The topological polar surface area (TPSA) is 150 Å². The molecule has 3 aromatic rings. The van der Waals surface area contributed by atoms with E-state index < -0.39 is 59.7 Å². The number of anilines is 1. The molecule has 1 unspecified atom stereocenters. The lowest BCUT2D eigenvalue weighted by molar-refractivity contribution is -0.145. The summed E-state index contributed by atoms with van der Waals surface area (Å²) in [5, 5.41) is 5.78. The van der Waals surface area contributed by atoms with Crippen molar-refractivity contribution in [2.75, 3.05) is 18.0 Å². The van der Waals surface area contributed by atoms with Crippen LogP contribution in [0.5, 0.6) is 5.75 Å². The van der Waals surface area contributed by atoms with E-state index in [9.17, 15) is 36.3 Å². The Morgan fingerprint density at radius 1 is 1.12 bits per heavy atom. The summed E-state index contributed by atoms with van der Waals surface area (Å²) in [5.41, 5.74) is -2.94. The van der Waals surface area contributed by atoms with Crippen LogP contribution in [0.3, 0.4) is 0 Å². The number of ether oxygens (including phenoxy) is 1. The summed E-state index contributed by atoms with van der Waals surface area (Å²) in [5.74, 6) is -5.38. The van der Waals surface area contributed by atoms with Crippen molar-refractivity contribution in [2.45, 2.75) is 18.2 Å². The van der Waals surface area contributed by atoms with Crippen molar-refractivity contribution in [3.8, 4) is 17.0 Å². The second kappa shape index (κ2) is 7.79. The van der Waals surface area contributed by atoms with Gasteiger partial charge in [0.2, 0.25) is 5.82 Å². The van der Waals surface area contributed by atoms with Gasteiger partial charge in [0, 0.05) is 6.20 Å². The van der Waals surface area contributed by atoms with Crippen molar-refractivity contribution in [3.63, 3.8) is 0 Å². The first-order valence-electron chi connectivity index (χ1n) is 9.05. The Balaban J connectivity index is 1.59. The van der Waals surface area contributed by atoms with E-state index in [2.05, 4.69) is 25.1 Å². The summed E-state index contributed by atoms with van der Waals surface area (Å²) in [7, 11) is 0. The SMILES string of the molecule is O=c1[nH]cc(-c2cc(N3CC(Oc4cnc(C(F)(F)F)nc4)C(F)(F)C3)c(=O)[nH]n2)c(=O)[nH]1. The van der Waals surface area contributed by atoms with Crippen molar-refractivity contribution < 1.29 is 26.7 Å². The number of rotatable bonds is 4. The van der Waals surface area contributed by atoms with Gasteiger partial charge in [0.05, 0.1) is 36.7 Å². The number of aromatic amines is 3. The fourth-order valence-corrected chi connectivity index (χ4v) is 3.12. The Kier molecular flexibility index (Phi) is 5.21. The van der Waals surface area contributed by atoms with Crippen LogP contribution in [0, 0.1) is 0 Å². The highest BCUT2D eigenvalue weighted by molar-refractivity contribution is 5.62. The fourth-order valence-electron chi connectivity index (χ4n) is 3.12. The summed E-state index contributed by atoms with van der Waals surface area (Å²) >= 11 is 0. The summed E-state index contributed by atoms with van der Waals surface area (Å²) in [6.45, 7) is -1.49. The van der Waals surface area contributed by atoms with Crippen LogP contribution >= 0.6 is 0 Å². The molecule has 0 saturated carbocycles. The van der Waals surface area contributed by atoms with Gasteiger partial charge in [-0.1, -0.05) is 0 Å². The van der Waals surface area contributed by atoms with E-state index in [4.69, 9.17) is 4.74 Å². The normalized spacial score (nSPS) is 17.8. The summed E-state index contributed by atoms with van der Waals surface area (Å²) < 4.78 is 71.9. The van der Waals surface area contributed by atoms with Crippen molar-refractivity contribution in [1.29, 1.82) is 0 Å². The van der Waals surface area contributed by atoms with Crippen LogP contribution in [0.4, 0.5) is 27.6 Å².